The third-order valence-electron chi connectivity index (χ3n) is 2.75. The number of amidine groups is 1. The van der Waals surface area contributed by atoms with Crippen molar-refractivity contribution in [3.63, 3.8) is 0 Å². The minimum Gasteiger partial charge on any atom is -0.384 e. The molecule has 1 heterocycles. The van der Waals surface area contributed by atoms with Crippen molar-refractivity contribution < 1.29 is 4.74 Å². The summed E-state index contributed by atoms with van der Waals surface area (Å²) in [6, 6.07) is 5.66. The van der Waals surface area contributed by atoms with E-state index in [-0.39, 0.29) is 5.84 Å². The van der Waals surface area contributed by atoms with Crippen LogP contribution in [-0.2, 0) is 4.74 Å². The van der Waals surface area contributed by atoms with Crippen LogP contribution in [0.4, 0.5) is 5.69 Å². The highest BCUT2D eigenvalue weighted by molar-refractivity contribution is 5.96. The molecule has 0 saturated carbocycles. The van der Waals surface area contributed by atoms with Crippen molar-refractivity contribution >= 4 is 11.5 Å². The average molecular weight is 218 g/mol. The van der Waals surface area contributed by atoms with Gasteiger partial charge in [-0.1, -0.05) is 12.1 Å². The SMILES string of the molecule is [CH2]c1ccc(C(=N)N)cc1N1CCOCC1. The lowest BCUT2D eigenvalue weighted by atomic mass is 10.1. The number of benzene rings is 1. The van der Waals surface area contributed by atoms with Crippen LogP contribution in [0, 0.1) is 12.3 Å². The number of nitrogens with two attached hydrogens (primary N) is 1. The molecular formula is C12H16N3O. The first-order valence-corrected chi connectivity index (χ1v) is 5.31. The monoisotopic (exact) mass is 218 g/mol. The number of hydrogen-bond donors (Lipinski definition) is 2. The molecule has 0 spiro atoms. The van der Waals surface area contributed by atoms with Gasteiger partial charge in [0.25, 0.3) is 0 Å². The summed E-state index contributed by atoms with van der Waals surface area (Å²) < 4.78 is 5.31. The normalized spacial score (nSPS) is 16.2. The van der Waals surface area contributed by atoms with Gasteiger partial charge in [-0.25, -0.2) is 0 Å². The first-order chi connectivity index (χ1) is 7.68. The molecule has 1 aliphatic rings. The van der Waals surface area contributed by atoms with Crippen molar-refractivity contribution in [2.24, 2.45) is 5.73 Å². The van der Waals surface area contributed by atoms with Gasteiger partial charge in [0, 0.05) is 24.3 Å². The molecule has 1 saturated heterocycles. The molecule has 1 aromatic carbocycles. The number of ether oxygens (including phenoxy) is 1. The summed E-state index contributed by atoms with van der Waals surface area (Å²) in [5.41, 5.74) is 8.24. The first-order valence-electron chi connectivity index (χ1n) is 5.31. The Kier molecular flexibility index (Phi) is 3.10. The zero-order chi connectivity index (χ0) is 11.5. The Morgan fingerprint density at radius 3 is 2.69 bits per heavy atom. The summed E-state index contributed by atoms with van der Waals surface area (Å²) in [6.45, 7) is 7.21. The van der Waals surface area contributed by atoms with Gasteiger partial charge in [0.15, 0.2) is 0 Å². The summed E-state index contributed by atoms with van der Waals surface area (Å²) in [5, 5.41) is 7.43. The summed E-state index contributed by atoms with van der Waals surface area (Å²) >= 11 is 0. The summed E-state index contributed by atoms with van der Waals surface area (Å²) in [5.74, 6) is 0.0921. The van der Waals surface area contributed by atoms with Gasteiger partial charge < -0.3 is 15.4 Å². The van der Waals surface area contributed by atoms with Crippen molar-refractivity contribution in [2.75, 3.05) is 31.2 Å². The van der Waals surface area contributed by atoms with Gasteiger partial charge in [-0.3, -0.25) is 5.41 Å². The Morgan fingerprint density at radius 2 is 2.06 bits per heavy atom. The molecule has 1 aromatic rings. The molecule has 85 valence electrons. The average Bonchev–Trinajstić information content (AvgIpc) is 2.30. The van der Waals surface area contributed by atoms with E-state index in [1.165, 1.54) is 0 Å². The van der Waals surface area contributed by atoms with E-state index in [0.29, 0.717) is 0 Å². The summed E-state index contributed by atoms with van der Waals surface area (Å²) in [4.78, 5) is 2.22. The third-order valence-corrected chi connectivity index (χ3v) is 2.75. The van der Waals surface area contributed by atoms with Gasteiger partial charge in [0.2, 0.25) is 0 Å². The van der Waals surface area contributed by atoms with Gasteiger partial charge in [-0.05, 0) is 18.6 Å². The van der Waals surface area contributed by atoms with Gasteiger partial charge in [-0.15, -0.1) is 0 Å². The van der Waals surface area contributed by atoms with Gasteiger partial charge in [0.05, 0.1) is 13.2 Å². The molecule has 3 N–H and O–H groups in total. The van der Waals surface area contributed by atoms with Crippen LogP contribution in [0.2, 0.25) is 0 Å². The van der Waals surface area contributed by atoms with E-state index in [9.17, 15) is 0 Å². The lowest BCUT2D eigenvalue weighted by Crippen LogP contribution is -2.36. The molecule has 0 aromatic heterocycles. The van der Waals surface area contributed by atoms with E-state index >= 15 is 0 Å². The lowest BCUT2D eigenvalue weighted by molar-refractivity contribution is 0.122. The maximum absolute atomic E-state index is 7.43. The van der Waals surface area contributed by atoms with Crippen LogP contribution in [0.15, 0.2) is 18.2 Å². The molecule has 0 amide bonds. The van der Waals surface area contributed by atoms with Crippen molar-refractivity contribution in [2.45, 2.75) is 0 Å². The number of hydrogen-bond acceptors (Lipinski definition) is 3. The highest BCUT2D eigenvalue weighted by Crippen LogP contribution is 2.22. The van der Waals surface area contributed by atoms with Crippen LogP contribution < -0.4 is 10.6 Å². The smallest absolute Gasteiger partial charge is 0.122 e. The number of nitrogen functional groups attached to an aromatic ring is 1. The molecule has 0 aliphatic carbocycles. The first kappa shape index (κ1) is 11.0. The third kappa shape index (κ3) is 2.17. The number of anilines is 1. The van der Waals surface area contributed by atoms with Crippen LogP contribution in [0.3, 0.4) is 0 Å². The second-order valence-electron chi connectivity index (χ2n) is 3.86. The lowest BCUT2D eigenvalue weighted by Gasteiger charge is -2.30. The second kappa shape index (κ2) is 4.53. The largest absolute Gasteiger partial charge is 0.384 e. The Labute approximate surface area is 95.5 Å². The standard InChI is InChI=1S/C12H16N3O/c1-9-2-3-10(12(13)14)8-11(9)15-4-6-16-7-5-15/h2-3,8H,1,4-7H2,(H3,13,14). The summed E-state index contributed by atoms with van der Waals surface area (Å²) in [6.07, 6.45) is 0. The highest BCUT2D eigenvalue weighted by atomic mass is 16.5. The second-order valence-corrected chi connectivity index (χ2v) is 3.86. The predicted octanol–water partition coefficient (Wildman–Crippen LogP) is 0.989. The highest BCUT2D eigenvalue weighted by Gasteiger charge is 2.14. The molecule has 1 radical (unpaired) electrons. The van der Waals surface area contributed by atoms with Gasteiger partial charge in [0.1, 0.15) is 5.84 Å². The van der Waals surface area contributed by atoms with E-state index in [1.807, 2.05) is 18.2 Å². The molecule has 1 aliphatic heterocycles. The quantitative estimate of drug-likeness (QED) is 0.575. The Bertz CT molecular complexity index is 397. The number of nitrogens with zero attached hydrogens (tertiary/aromatic N) is 1. The fourth-order valence-corrected chi connectivity index (χ4v) is 1.83. The van der Waals surface area contributed by atoms with E-state index < -0.39 is 0 Å². The molecule has 16 heavy (non-hydrogen) atoms. The molecule has 4 nitrogen and oxygen atoms in total. The number of nitrogens with one attached hydrogen (secondary N) is 1. The fraction of sp³-hybridized carbons (Fsp3) is 0.333. The van der Waals surface area contributed by atoms with E-state index in [1.54, 1.807) is 0 Å². The summed E-state index contributed by atoms with van der Waals surface area (Å²) in [7, 11) is 0. The van der Waals surface area contributed by atoms with E-state index in [0.717, 1.165) is 43.1 Å². The molecule has 0 bridgehead atoms. The van der Waals surface area contributed by atoms with Crippen LogP contribution in [0.5, 0.6) is 0 Å². The minimum atomic E-state index is 0.0921. The van der Waals surface area contributed by atoms with Crippen molar-refractivity contribution in [3.8, 4) is 0 Å². The molecule has 0 atom stereocenters. The van der Waals surface area contributed by atoms with Crippen LogP contribution in [0.1, 0.15) is 11.1 Å². The Morgan fingerprint density at radius 1 is 1.38 bits per heavy atom. The zero-order valence-corrected chi connectivity index (χ0v) is 9.20. The zero-order valence-electron chi connectivity index (χ0n) is 9.20. The Balaban J connectivity index is 2.30. The molecule has 1 fully saturated rings. The van der Waals surface area contributed by atoms with Crippen LogP contribution in [0.25, 0.3) is 0 Å². The van der Waals surface area contributed by atoms with Crippen molar-refractivity contribution in [1.29, 1.82) is 5.41 Å². The molecule has 4 heteroatoms. The predicted molar refractivity (Wildman–Crippen MR) is 64.9 cm³/mol. The topological polar surface area (TPSA) is 62.3 Å². The minimum absolute atomic E-state index is 0.0921. The van der Waals surface area contributed by atoms with E-state index in [4.69, 9.17) is 15.9 Å². The van der Waals surface area contributed by atoms with Crippen molar-refractivity contribution in [1.82, 2.24) is 0 Å². The molecular weight excluding hydrogens is 202 g/mol. The van der Waals surface area contributed by atoms with Crippen LogP contribution in [-0.4, -0.2) is 32.1 Å². The van der Waals surface area contributed by atoms with E-state index in [2.05, 4.69) is 11.8 Å². The van der Waals surface area contributed by atoms with Crippen molar-refractivity contribution in [3.05, 3.63) is 36.2 Å². The van der Waals surface area contributed by atoms with Gasteiger partial charge >= 0.3 is 0 Å². The number of morpholine rings is 1. The Hall–Kier alpha value is -1.55. The van der Waals surface area contributed by atoms with Gasteiger partial charge in [-0.2, -0.15) is 0 Å². The maximum Gasteiger partial charge on any atom is 0.122 e. The number of rotatable bonds is 2. The fourth-order valence-electron chi connectivity index (χ4n) is 1.83. The van der Waals surface area contributed by atoms with Crippen LogP contribution >= 0.6 is 0 Å². The molecule has 0 unspecified atom stereocenters. The maximum atomic E-state index is 7.43. The molecule has 2 rings (SSSR count).